The van der Waals surface area contributed by atoms with E-state index in [1.807, 2.05) is 32.0 Å². The molecule has 1 aromatic heterocycles. The Morgan fingerprint density at radius 3 is 2.78 bits per heavy atom. The zero-order chi connectivity index (χ0) is 17.0. The number of benzene rings is 1. The van der Waals surface area contributed by atoms with E-state index in [0.717, 1.165) is 31.6 Å². The summed E-state index contributed by atoms with van der Waals surface area (Å²) in [6, 6.07) is 5.83. The quantitative estimate of drug-likeness (QED) is 0.385. The number of ether oxygens (including phenoxy) is 2. The zero-order valence-corrected chi connectivity index (χ0v) is 16.6. The summed E-state index contributed by atoms with van der Waals surface area (Å²) in [5.74, 6) is 0.502. The van der Waals surface area contributed by atoms with Gasteiger partial charge in [0.05, 0.1) is 0 Å². The number of nitrogens with zero attached hydrogens (tertiary/aromatic N) is 1. The predicted octanol–water partition coefficient (Wildman–Crippen LogP) is 4.01. The summed E-state index contributed by atoms with van der Waals surface area (Å²) in [4.78, 5) is 16.5. The van der Waals surface area contributed by atoms with Crippen LogP contribution in [-0.2, 0) is 4.74 Å². The minimum atomic E-state index is -0.260. The van der Waals surface area contributed by atoms with Gasteiger partial charge in [-0.3, -0.25) is 0 Å². The van der Waals surface area contributed by atoms with E-state index in [0.29, 0.717) is 17.7 Å². The second-order valence-corrected chi connectivity index (χ2v) is 8.00. The number of carbonyl (C=O) groups is 1. The number of halogens is 1. The summed E-state index contributed by atoms with van der Waals surface area (Å²) in [7, 11) is 0. The van der Waals surface area contributed by atoms with Crippen LogP contribution < -0.4 is 4.74 Å². The van der Waals surface area contributed by atoms with Gasteiger partial charge in [-0.05, 0) is 0 Å². The van der Waals surface area contributed by atoms with Gasteiger partial charge in [-0.25, -0.2) is 0 Å². The van der Waals surface area contributed by atoms with Gasteiger partial charge in [-0.15, -0.1) is 0 Å². The van der Waals surface area contributed by atoms with Gasteiger partial charge >= 0.3 is 150 Å². The molecule has 23 heavy (non-hydrogen) atoms. The van der Waals surface area contributed by atoms with Crippen LogP contribution in [0.5, 0.6) is 5.75 Å². The molecular formula is C17H18BrNO3Se. The first-order valence-electron chi connectivity index (χ1n) is 7.14. The Hall–Kier alpha value is -1.36. The molecular weight excluding hydrogens is 425 g/mol. The van der Waals surface area contributed by atoms with E-state index in [9.17, 15) is 4.79 Å². The molecule has 0 bridgehead atoms. The van der Waals surface area contributed by atoms with E-state index in [-0.39, 0.29) is 20.5 Å². The molecule has 2 aromatic rings. The average Bonchev–Trinajstić information content (AvgIpc) is 2.88. The van der Waals surface area contributed by atoms with Gasteiger partial charge in [0.15, 0.2) is 0 Å². The molecule has 0 atom stereocenters. The summed E-state index contributed by atoms with van der Waals surface area (Å²) in [5.41, 5.74) is 2.69. The molecule has 0 N–H and O–H groups in total. The Kier molecular flexibility index (Phi) is 6.22. The standard InChI is InChI=1S/C17H18BrNO3Se/c1-5-21-17(20)15-11(4)19-16(23-15)12-6-7-14(13(18)8-12)22-9-10(2)3/h6-8H,2,5,9H2,1,3-4H3. The van der Waals surface area contributed by atoms with E-state index in [1.54, 1.807) is 6.92 Å². The molecule has 0 amide bonds. The number of rotatable bonds is 6. The van der Waals surface area contributed by atoms with Crippen molar-refractivity contribution in [2.75, 3.05) is 13.2 Å². The monoisotopic (exact) mass is 443 g/mol. The van der Waals surface area contributed by atoms with Gasteiger partial charge in [0.2, 0.25) is 0 Å². The molecule has 0 unspecified atom stereocenters. The Bertz CT molecular complexity index is 739. The molecule has 2 rings (SSSR count). The maximum atomic E-state index is 11.9. The summed E-state index contributed by atoms with van der Waals surface area (Å²) >= 11 is 3.38. The van der Waals surface area contributed by atoms with Crippen LogP contribution in [0.3, 0.4) is 0 Å². The second kappa shape index (κ2) is 7.95. The van der Waals surface area contributed by atoms with Crippen molar-refractivity contribution in [1.29, 1.82) is 0 Å². The first-order valence-corrected chi connectivity index (χ1v) is 9.64. The molecule has 0 fully saturated rings. The van der Waals surface area contributed by atoms with Crippen molar-refractivity contribution >= 4 is 36.4 Å². The normalized spacial score (nSPS) is 10.4. The number of carbonyl (C=O) groups excluding carboxylic acids is 1. The molecule has 0 aliphatic heterocycles. The Morgan fingerprint density at radius 1 is 1.43 bits per heavy atom. The number of aromatic nitrogens is 1. The first kappa shape index (κ1) is 18.0. The maximum absolute atomic E-state index is 11.9. The Morgan fingerprint density at radius 2 is 2.17 bits per heavy atom. The summed E-state index contributed by atoms with van der Waals surface area (Å²) < 4.78 is 13.2. The van der Waals surface area contributed by atoms with Gasteiger partial charge in [-0.2, -0.15) is 0 Å². The Labute approximate surface area is 150 Å². The van der Waals surface area contributed by atoms with Gasteiger partial charge in [-0.1, -0.05) is 0 Å². The third-order valence-electron chi connectivity index (χ3n) is 2.91. The summed E-state index contributed by atoms with van der Waals surface area (Å²) in [6.45, 7) is 10.3. The third-order valence-corrected chi connectivity index (χ3v) is 6.02. The minimum absolute atomic E-state index is 0.143. The van der Waals surface area contributed by atoms with Gasteiger partial charge in [0.25, 0.3) is 0 Å². The van der Waals surface area contributed by atoms with Gasteiger partial charge in [0, 0.05) is 0 Å². The van der Waals surface area contributed by atoms with Crippen molar-refractivity contribution in [2.45, 2.75) is 20.8 Å². The molecule has 1 aromatic carbocycles. The molecule has 4 nitrogen and oxygen atoms in total. The number of aryl methyl sites for hydroxylation is 1. The molecule has 0 saturated carbocycles. The average molecular weight is 443 g/mol. The van der Waals surface area contributed by atoms with Crippen LogP contribution in [0.25, 0.3) is 10.1 Å². The van der Waals surface area contributed by atoms with Crippen LogP contribution in [0.1, 0.15) is 28.8 Å². The predicted molar refractivity (Wildman–Crippen MR) is 95.3 cm³/mol. The van der Waals surface area contributed by atoms with Crippen molar-refractivity contribution in [3.8, 4) is 15.9 Å². The van der Waals surface area contributed by atoms with E-state index in [4.69, 9.17) is 9.47 Å². The van der Waals surface area contributed by atoms with Crippen LogP contribution in [0, 0.1) is 6.92 Å². The van der Waals surface area contributed by atoms with Crippen molar-refractivity contribution < 1.29 is 14.3 Å². The summed E-state index contributed by atoms with van der Waals surface area (Å²) in [5, 5.41) is 0. The van der Waals surface area contributed by atoms with Gasteiger partial charge < -0.3 is 0 Å². The molecule has 0 saturated heterocycles. The van der Waals surface area contributed by atoms with Crippen molar-refractivity contribution in [1.82, 2.24) is 4.98 Å². The van der Waals surface area contributed by atoms with Crippen molar-refractivity contribution in [3.05, 3.63) is 45.0 Å². The van der Waals surface area contributed by atoms with Crippen LogP contribution >= 0.6 is 15.9 Å². The molecule has 0 radical (unpaired) electrons. The molecule has 0 aliphatic carbocycles. The van der Waals surface area contributed by atoms with Crippen LogP contribution in [0.4, 0.5) is 0 Å². The third kappa shape index (κ3) is 4.56. The van der Waals surface area contributed by atoms with Crippen molar-refractivity contribution in [2.24, 2.45) is 0 Å². The fourth-order valence-corrected chi connectivity index (χ4v) is 4.36. The van der Waals surface area contributed by atoms with Crippen LogP contribution in [0.2, 0.25) is 0 Å². The molecule has 0 spiro atoms. The number of esters is 1. The summed E-state index contributed by atoms with van der Waals surface area (Å²) in [6.07, 6.45) is 0. The Balaban J connectivity index is 2.25. The van der Waals surface area contributed by atoms with E-state index >= 15 is 0 Å². The van der Waals surface area contributed by atoms with E-state index in [2.05, 4.69) is 27.5 Å². The van der Waals surface area contributed by atoms with Crippen LogP contribution in [0.15, 0.2) is 34.8 Å². The molecule has 6 heteroatoms. The van der Waals surface area contributed by atoms with E-state index in [1.165, 1.54) is 0 Å². The fraction of sp³-hybridized carbons (Fsp3) is 0.294. The van der Waals surface area contributed by atoms with Gasteiger partial charge in [0.1, 0.15) is 0 Å². The second-order valence-electron chi connectivity index (χ2n) is 5.05. The molecule has 1 heterocycles. The zero-order valence-electron chi connectivity index (χ0n) is 13.3. The van der Waals surface area contributed by atoms with E-state index < -0.39 is 0 Å². The molecule has 0 aliphatic rings. The number of hydrogen-bond acceptors (Lipinski definition) is 4. The molecule has 122 valence electrons. The topological polar surface area (TPSA) is 48.4 Å². The number of hydrogen-bond donors (Lipinski definition) is 0. The SMILES string of the molecule is C=C(C)COc1ccc(-c2nc(C)c(C(=O)OCC)[se]2)cc1Br. The fourth-order valence-electron chi connectivity index (χ4n) is 1.86. The first-order chi connectivity index (χ1) is 10.9. The van der Waals surface area contributed by atoms with Crippen LogP contribution in [-0.4, -0.2) is 38.7 Å². The van der Waals surface area contributed by atoms with Crippen molar-refractivity contribution in [3.63, 3.8) is 0 Å².